The molecule has 0 heterocycles. The second kappa shape index (κ2) is 7.01. The van der Waals surface area contributed by atoms with Crippen LogP contribution in [-0.2, 0) is 0 Å². The molecule has 4 nitrogen and oxygen atoms in total. The number of carbonyl (C=O) groups excluding carboxylic acids is 1. The molecule has 2 atom stereocenters. The van der Waals surface area contributed by atoms with E-state index in [0.717, 1.165) is 0 Å². The van der Waals surface area contributed by atoms with Crippen LogP contribution in [0.1, 0.15) is 17.3 Å². The minimum absolute atomic E-state index is 0.0196. The highest BCUT2D eigenvalue weighted by Gasteiger charge is 2.19. The molecule has 0 radical (unpaired) electrons. The molecule has 100 valence electrons. The van der Waals surface area contributed by atoms with E-state index in [0.29, 0.717) is 15.7 Å². The van der Waals surface area contributed by atoms with Crippen molar-refractivity contribution in [2.45, 2.75) is 18.2 Å². The molecule has 2 unspecified atom stereocenters. The predicted molar refractivity (Wildman–Crippen MR) is 79.9 cm³/mol. The van der Waals surface area contributed by atoms with Gasteiger partial charge in [-0.05, 0) is 41.2 Å². The minimum atomic E-state index is -0.200. The lowest BCUT2D eigenvalue weighted by molar-refractivity contribution is 0.0935. The molecule has 4 N–H and O–H groups in total. The van der Waals surface area contributed by atoms with Gasteiger partial charge in [0.2, 0.25) is 0 Å². The maximum atomic E-state index is 12.1. The zero-order chi connectivity index (χ0) is 13.7. The summed E-state index contributed by atoms with van der Waals surface area (Å²) in [5, 5.41) is 12.0. The van der Waals surface area contributed by atoms with Gasteiger partial charge in [-0.2, -0.15) is 11.8 Å². The third-order valence-electron chi connectivity index (χ3n) is 2.67. The Morgan fingerprint density at radius 3 is 2.83 bits per heavy atom. The second-order valence-electron chi connectivity index (χ2n) is 3.93. The molecule has 1 amide bonds. The molecule has 0 aliphatic rings. The van der Waals surface area contributed by atoms with Gasteiger partial charge in [-0.25, -0.2) is 0 Å². The van der Waals surface area contributed by atoms with Crippen molar-refractivity contribution in [3.8, 4) is 0 Å². The largest absolute Gasteiger partial charge is 0.398 e. The number of nitrogens with two attached hydrogens (primary N) is 1. The van der Waals surface area contributed by atoms with Crippen molar-refractivity contribution >= 4 is 39.3 Å². The van der Waals surface area contributed by atoms with Crippen molar-refractivity contribution in [3.63, 3.8) is 0 Å². The third-order valence-corrected chi connectivity index (χ3v) is 4.72. The standard InChI is InChI=1S/C12H17BrN2O2S/c1-7(10(6-16)18-2)15-12(17)8-4-3-5-9(14)11(8)13/h3-5,7,10,16H,6,14H2,1-2H3,(H,15,17). The maximum Gasteiger partial charge on any atom is 0.252 e. The van der Waals surface area contributed by atoms with Crippen molar-refractivity contribution in [2.24, 2.45) is 0 Å². The van der Waals surface area contributed by atoms with Crippen LogP contribution < -0.4 is 11.1 Å². The van der Waals surface area contributed by atoms with Crippen molar-refractivity contribution in [3.05, 3.63) is 28.2 Å². The van der Waals surface area contributed by atoms with E-state index in [4.69, 9.17) is 5.73 Å². The van der Waals surface area contributed by atoms with Gasteiger partial charge in [-0.15, -0.1) is 0 Å². The number of rotatable bonds is 5. The van der Waals surface area contributed by atoms with Crippen molar-refractivity contribution < 1.29 is 9.90 Å². The van der Waals surface area contributed by atoms with E-state index in [1.807, 2.05) is 13.2 Å². The Morgan fingerprint density at radius 1 is 1.61 bits per heavy atom. The monoisotopic (exact) mass is 332 g/mol. The number of benzene rings is 1. The van der Waals surface area contributed by atoms with Gasteiger partial charge in [0.15, 0.2) is 0 Å². The number of carbonyl (C=O) groups is 1. The topological polar surface area (TPSA) is 75.3 Å². The first kappa shape index (κ1) is 15.3. The molecule has 1 aromatic carbocycles. The van der Waals surface area contributed by atoms with Crippen LogP contribution in [0.25, 0.3) is 0 Å². The highest BCUT2D eigenvalue weighted by atomic mass is 79.9. The first-order valence-electron chi connectivity index (χ1n) is 5.49. The highest BCUT2D eigenvalue weighted by molar-refractivity contribution is 9.10. The number of halogens is 1. The molecule has 0 aromatic heterocycles. The summed E-state index contributed by atoms with van der Waals surface area (Å²) in [5.74, 6) is -0.200. The fraction of sp³-hybridized carbons (Fsp3) is 0.417. The summed E-state index contributed by atoms with van der Waals surface area (Å²) in [7, 11) is 0. The summed E-state index contributed by atoms with van der Waals surface area (Å²) < 4.78 is 0.597. The molecule has 0 saturated carbocycles. The number of hydrogen-bond donors (Lipinski definition) is 3. The molecule has 0 saturated heterocycles. The molecule has 1 aromatic rings. The number of hydrogen-bond acceptors (Lipinski definition) is 4. The van der Waals surface area contributed by atoms with E-state index in [1.54, 1.807) is 18.2 Å². The van der Waals surface area contributed by atoms with Crippen molar-refractivity contribution in [1.82, 2.24) is 5.32 Å². The Labute approximate surface area is 119 Å². The zero-order valence-corrected chi connectivity index (χ0v) is 12.7. The molecular formula is C12H17BrN2O2S. The molecule has 0 bridgehead atoms. The molecule has 0 fully saturated rings. The average Bonchev–Trinajstić information content (AvgIpc) is 2.34. The number of nitrogen functional groups attached to an aromatic ring is 1. The van der Waals surface area contributed by atoms with Crippen LogP contribution in [0.2, 0.25) is 0 Å². The van der Waals surface area contributed by atoms with E-state index < -0.39 is 0 Å². The number of thioether (sulfide) groups is 1. The molecule has 1 rings (SSSR count). The molecule has 0 aliphatic carbocycles. The SMILES string of the molecule is CSC(CO)C(C)NC(=O)c1cccc(N)c1Br. The van der Waals surface area contributed by atoms with E-state index in [2.05, 4.69) is 21.2 Å². The van der Waals surface area contributed by atoms with E-state index >= 15 is 0 Å². The van der Waals surface area contributed by atoms with Crippen LogP contribution in [0.5, 0.6) is 0 Å². The van der Waals surface area contributed by atoms with Gasteiger partial charge in [0.1, 0.15) is 0 Å². The third kappa shape index (κ3) is 3.63. The molecular weight excluding hydrogens is 316 g/mol. The Morgan fingerprint density at radius 2 is 2.28 bits per heavy atom. The van der Waals surface area contributed by atoms with Gasteiger partial charge in [-0.1, -0.05) is 6.07 Å². The Kier molecular flexibility index (Phi) is 5.98. The van der Waals surface area contributed by atoms with Crippen LogP contribution in [0.15, 0.2) is 22.7 Å². The summed E-state index contributed by atoms with van der Waals surface area (Å²) in [6, 6.07) is 5.04. The summed E-state index contributed by atoms with van der Waals surface area (Å²) in [6.45, 7) is 1.90. The van der Waals surface area contributed by atoms with Crippen molar-refractivity contribution in [1.29, 1.82) is 0 Å². The maximum absolute atomic E-state index is 12.1. The predicted octanol–water partition coefficient (Wildman–Crippen LogP) is 1.87. The van der Waals surface area contributed by atoms with E-state index in [9.17, 15) is 9.90 Å². The smallest absolute Gasteiger partial charge is 0.252 e. The Balaban J connectivity index is 2.79. The Bertz CT molecular complexity index is 425. The summed E-state index contributed by atoms with van der Waals surface area (Å²) >= 11 is 4.82. The number of aliphatic hydroxyl groups is 1. The van der Waals surface area contributed by atoms with Crippen molar-refractivity contribution in [2.75, 3.05) is 18.6 Å². The summed E-state index contributed by atoms with van der Waals surface area (Å²) in [5.41, 5.74) is 6.76. The molecule has 0 spiro atoms. The van der Waals surface area contributed by atoms with Gasteiger partial charge in [0, 0.05) is 17.0 Å². The number of aliphatic hydroxyl groups excluding tert-OH is 1. The average molecular weight is 333 g/mol. The van der Waals surface area contributed by atoms with Crippen LogP contribution >= 0.6 is 27.7 Å². The van der Waals surface area contributed by atoms with Gasteiger partial charge in [0.05, 0.1) is 16.6 Å². The van der Waals surface area contributed by atoms with Gasteiger partial charge in [-0.3, -0.25) is 4.79 Å². The number of nitrogens with one attached hydrogen (secondary N) is 1. The first-order chi connectivity index (χ1) is 8.51. The lowest BCUT2D eigenvalue weighted by Gasteiger charge is -2.21. The van der Waals surface area contributed by atoms with Crippen LogP contribution in [-0.4, -0.2) is 35.2 Å². The fourth-order valence-electron chi connectivity index (χ4n) is 1.54. The van der Waals surface area contributed by atoms with Crippen LogP contribution in [0.3, 0.4) is 0 Å². The lowest BCUT2D eigenvalue weighted by atomic mass is 10.1. The minimum Gasteiger partial charge on any atom is -0.398 e. The quantitative estimate of drug-likeness (QED) is 0.719. The number of anilines is 1. The van der Waals surface area contributed by atoms with E-state index in [1.165, 1.54) is 11.8 Å². The highest BCUT2D eigenvalue weighted by Crippen LogP contribution is 2.24. The molecule has 6 heteroatoms. The molecule has 0 aliphatic heterocycles. The van der Waals surface area contributed by atoms with Gasteiger partial charge in [0.25, 0.3) is 5.91 Å². The van der Waals surface area contributed by atoms with Gasteiger partial charge < -0.3 is 16.2 Å². The second-order valence-corrected chi connectivity index (χ2v) is 5.80. The zero-order valence-electron chi connectivity index (χ0n) is 10.3. The fourth-order valence-corrected chi connectivity index (χ4v) is 2.61. The van der Waals surface area contributed by atoms with Crippen LogP contribution in [0.4, 0.5) is 5.69 Å². The first-order valence-corrected chi connectivity index (χ1v) is 7.57. The summed E-state index contributed by atoms with van der Waals surface area (Å²) in [6.07, 6.45) is 1.90. The molecule has 18 heavy (non-hydrogen) atoms. The van der Waals surface area contributed by atoms with Crippen LogP contribution in [0, 0.1) is 0 Å². The number of amides is 1. The summed E-state index contributed by atoms with van der Waals surface area (Å²) in [4.78, 5) is 12.1. The normalized spacial score (nSPS) is 14.0. The van der Waals surface area contributed by atoms with E-state index in [-0.39, 0.29) is 23.8 Å². The Hall–Kier alpha value is -0.720. The lowest BCUT2D eigenvalue weighted by Crippen LogP contribution is -2.41. The van der Waals surface area contributed by atoms with Gasteiger partial charge >= 0.3 is 0 Å².